The van der Waals surface area contributed by atoms with Gasteiger partial charge in [-0.05, 0) is 55.0 Å². The van der Waals surface area contributed by atoms with Crippen molar-refractivity contribution in [3.63, 3.8) is 0 Å². The summed E-state index contributed by atoms with van der Waals surface area (Å²) in [4.78, 5) is 2.07. The van der Waals surface area contributed by atoms with Crippen molar-refractivity contribution in [3.8, 4) is 11.3 Å². The Kier molecular flexibility index (Phi) is 4.19. The first-order chi connectivity index (χ1) is 12.2. The van der Waals surface area contributed by atoms with E-state index < -0.39 is 0 Å². The highest BCUT2D eigenvalue weighted by Crippen LogP contribution is 2.30. The first kappa shape index (κ1) is 15.8. The standard InChI is InChI=1S/C19H16FN3OS/c20-14-8-6-13(7-9-14)18-16-10-11-23(12-17(16)22-24-18)19(25)21-15-4-2-1-3-5-15/h1-9H,10-12H2,(H,21,25). The summed E-state index contributed by atoms with van der Waals surface area (Å²) in [5.41, 5.74) is 3.76. The maximum atomic E-state index is 13.1. The SMILES string of the molecule is Fc1ccc(-c2onc3c2CCN(C(=S)Nc2ccccc2)C3)cc1. The molecule has 0 aliphatic carbocycles. The van der Waals surface area contributed by atoms with Crippen molar-refractivity contribution in [2.75, 3.05) is 11.9 Å². The smallest absolute Gasteiger partial charge is 0.173 e. The van der Waals surface area contributed by atoms with E-state index in [4.69, 9.17) is 16.7 Å². The van der Waals surface area contributed by atoms with E-state index in [0.29, 0.717) is 11.7 Å². The van der Waals surface area contributed by atoms with Gasteiger partial charge in [0, 0.05) is 23.4 Å². The number of anilines is 1. The highest BCUT2D eigenvalue weighted by atomic mass is 32.1. The van der Waals surface area contributed by atoms with Crippen molar-refractivity contribution in [2.45, 2.75) is 13.0 Å². The Morgan fingerprint density at radius 1 is 1.12 bits per heavy atom. The molecule has 0 saturated carbocycles. The largest absolute Gasteiger partial charge is 0.356 e. The monoisotopic (exact) mass is 353 g/mol. The van der Waals surface area contributed by atoms with E-state index in [1.165, 1.54) is 12.1 Å². The van der Waals surface area contributed by atoms with Crippen LogP contribution in [0.1, 0.15) is 11.3 Å². The number of aromatic nitrogens is 1. The zero-order valence-corrected chi connectivity index (χ0v) is 14.2. The lowest BCUT2D eigenvalue weighted by Crippen LogP contribution is -2.38. The molecule has 4 nitrogen and oxygen atoms in total. The molecule has 0 radical (unpaired) electrons. The molecule has 0 saturated heterocycles. The quantitative estimate of drug-likeness (QED) is 0.698. The molecule has 2 aromatic carbocycles. The molecule has 0 atom stereocenters. The van der Waals surface area contributed by atoms with E-state index in [2.05, 4.69) is 15.4 Å². The predicted molar refractivity (Wildman–Crippen MR) is 98.7 cm³/mol. The third kappa shape index (κ3) is 3.25. The third-order valence-electron chi connectivity index (χ3n) is 4.26. The van der Waals surface area contributed by atoms with Crippen molar-refractivity contribution in [1.29, 1.82) is 0 Å². The van der Waals surface area contributed by atoms with E-state index in [0.717, 1.165) is 41.2 Å². The van der Waals surface area contributed by atoms with Crippen LogP contribution in [0.2, 0.25) is 0 Å². The lowest BCUT2D eigenvalue weighted by Gasteiger charge is -2.28. The van der Waals surface area contributed by atoms with Gasteiger partial charge in [0.15, 0.2) is 10.9 Å². The molecule has 0 spiro atoms. The second-order valence-electron chi connectivity index (χ2n) is 5.91. The number of hydrogen-bond acceptors (Lipinski definition) is 3. The van der Waals surface area contributed by atoms with Crippen molar-refractivity contribution in [1.82, 2.24) is 10.1 Å². The van der Waals surface area contributed by atoms with E-state index in [-0.39, 0.29) is 5.82 Å². The molecule has 0 fully saturated rings. The molecule has 1 aliphatic rings. The minimum atomic E-state index is -0.263. The number of hydrogen-bond donors (Lipinski definition) is 1. The summed E-state index contributed by atoms with van der Waals surface area (Å²) in [6, 6.07) is 16.1. The van der Waals surface area contributed by atoms with Crippen LogP contribution in [0.4, 0.5) is 10.1 Å². The number of thiocarbonyl (C=S) groups is 1. The predicted octanol–water partition coefficient (Wildman–Crippen LogP) is 4.24. The number of nitrogens with zero attached hydrogens (tertiary/aromatic N) is 2. The Bertz CT molecular complexity index is 893. The van der Waals surface area contributed by atoms with Crippen LogP contribution >= 0.6 is 12.2 Å². The summed E-state index contributed by atoms with van der Waals surface area (Å²) in [6.45, 7) is 1.37. The van der Waals surface area contributed by atoms with Gasteiger partial charge in [0.2, 0.25) is 0 Å². The number of rotatable bonds is 2. The number of halogens is 1. The fraction of sp³-hybridized carbons (Fsp3) is 0.158. The zero-order chi connectivity index (χ0) is 17.2. The Morgan fingerprint density at radius 3 is 2.64 bits per heavy atom. The molecule has 25 heavy (non-hydrogen) atoms. The molecule has 2 heterocycles. The molecule has 6 heteroatoms. The van der Waals surface area contributed by atoms with Gasteiger partial charge in [0.1, 0.15) is 11.5 Å². The maximum absolute atomic E-state index is 13.1. The topological polar surface area (TPSA) is 41.3 Å². The summed E-state index contributed by atoms with van der Waals surface area (Å²) in [5, 5.41) is 8.11. The van der Waals surface area contributed by atoms with E-state index in [9.17, 15) is 4.39 Å². The van der Waals surface area contributed by atoms with Crippen LogP contribution in [0.3, 0.4) is 0 Å². The van der Waals surface area contributed by atoms with Gasteiger partial charge in [0.05, 0.1) is 6.54 Å². The molecule has 0 amide bonds. The first-order valence-corrected chi connectivity index (χ1v) is 8.46. The molecule has 1 aromatic heterocycles. The Balaban J connectivity index is 1.51. The van der Waals surface area contributed by atoms with Crippen molar-refractivity contribution in [2.24, 2.45) is 0 Å². The fourth-order valence-electron chi connectivity index (χ4n) is 2.96. The fourth-order valence-corrected chi connectivity index (χ4v) is 3.23. The van der Waals surface area contributed by atoms with E-state index >= 15 is 0 Å². The number of para-hydroxylation sites is 1. The van der Waals surface area contributed by atoms with Crippen LogP contribution in [0.5, 0.6) is 0 Å². The Hall–Kier alpha value is -2.73. The van der Waals surface area contributed by atoms with E-state index in [1.54, 1.807) is 12.1 Å². The highest BCUT2D eigenvalue weighted by molar-refractivity contribution is 7.80. The summed E-state index contributed by atoms with van der Waals surface area (Å²) >= 11 is 5.51. The minimum absolute atomic E-state index is 0.263. The van der Waals surface area contributed by atoms with E-state index in [1.807, 2.05) is 30.3 Å². The van der Waals surface area contributed by atoms with Crippen LogP contribution in [-0.4, -0.2) is 21.7 Å². The van der Waals surface area contributed by atoms with Crippen LogP contribution in [-0.2, 0) is 13.0 Å². The minimum Gasteiger partial charge on any atom is -0.356 e. The summed E-state index contributed by atoms with van der Waals surface area (Å²) in [7, 11) is 0. The van der Waals surface area contributed by atoms with Crippen molar-refractivity contribution >= 4 is 23.0 Å². The molecule has 0 bridgehead atoms. The van der Waals surface area contributed by atoms with Gasteiger partial charge in [-0.2, -0.15) is 0 Å². The molecule has 4 rings (SSSR count). The van der Waals surface area contributed by atoms with Gasteiger partial charge < -0.3 is 14.7 Å². The van der Waals surface area contributed by atoms with Gasteiger partial charge in [-0.25, -0.2) is 4.39 Å². The first-order valence-electron chi connectivity index (χ1n) is 8.05. The molecule has 1 N–H and O–H groups in total. The van der Waals surface area contributed by atoms with Crippen LogP contribution < -0.4 is 5.32 Å². The highest BCUT2D eigenvalue weighted by Gasteiger charge is 2.25. The molecular weight excluding hydrogens is 337 g/mol. The van der Waals surface area contributed by atoms with Gasteiger partial charge in [0.25, 0.3) is 0 Å². The van der Waals surface area contributed by atoms with Crippen molar-refractivity contribution < 1.29 is 8.91 Å². The Labute approximate surface area is 150 Å². The van der Waals surface area contributed by atoms with Crippen LogP contribution in [0.25, 0.3) is 11.3 Å². The third-order valence-corrected chi connectivity index (χ3v) is 4.62. The lowest BCUT2D eigenvalue weighted by atomic mass is 10.0. The second kappa shape index (κ2) is 6.64. The lowest BCUT2D eigenvalue weighted by molar-refractivity contribution is 0.373. The second-order valence-corrected chi connectivity index (χ2v) is 6.30. The van der Waals surface area contributed by atoms with Gasteiger partial charge in [-0.1, -0.05) is 23.4 Å². The Morgan fingerprint density at radius 2 is 1.88 bits per heavy atom. The number of benzene rings is 2. The van der Waals surface area contributed by atoms with Crippen LogP contribution in [0.15, 0.2) is 59.1 Å². The molecular formula is C19H16FN3OS. The number of fused-ring (bicyclic) bond motifs is 1. The zero-order valence-electron chi connectivity index (χ0n) is 13.4. The summed E-state index contributed by atoms with van der Waals surface area (Å²) in [5.74, 6) is 0.456. The van der Waals surface area contributed by atoms with Gasteiger partial charge in [-0.15, -0.1) is 0 Å². The molecule has 126 valence electrons. The average molecular weight is 353 g/mol. The summed E-state index contributed by atoms with van der Waals surface area (Å²) < 4.78 is 18.6. The molecule has 3 aromatic rings. The van der Waals surface area contributed by atoms with Crippen molar-refractivity contribution in [3.05, 3.63) is 71.7 Å². The average Bonchev–Trinajstić information content (AvgIpc) is 3.06. The maximum Gasteiger partial charge on any atom is 0.173 e. The van der Waals surface area contributed by atoms with Gasteiger partial charge >= 0.3 is 0 Å². The normalized spacial score (nSPS) is 13.4. The van der Waals surface area contributed by atoms with Gasteiger partial charge in [-0.3, -0.25) is 0 Å². The summed E-state index contributed by atoms with van der Waals surface area (Å²) in [6.07, 6.45) is 0.780. The molecule has 0 unspecified atom stereocenters. The number of nitrogens with one attached hydrogen (secondary N) is 1. The molecule has 1 aliphatic heterocycles. The van der Waals surface area contributed by atoms with Crippen LogP contribution in [0, 0.1) is 5.82 Å².